The van der Waals surface area contributed by atoms with Crippen molar-refractivity contribution < 1.29 is 46.5 Å². The third-order valence-corrected chi connectivity index (χ3v) is 5.05. The molecule has 0 aliphatic heterocycles. The van der Waals surface area contributed by atoms with Crippen molar-refractivity contribution in [3.63, 3.8) is 0 Å². The quantitative estimate of drug-likeness (QED) is 0.325. The molecule has 2 amide bonds. The summed E-state index contributed by atoms with van der Waals surface area (Å²) in [5.41, 5.74) is -0.966. The average molecular weight is 583 g/mol. The minimum Gasteiger partial charge on any atom is -0.490 e. The number of anilines is 1. The number of ether oxygens (including phenoxy) is 4. The number of carbonyl (C=O) groups is 3. The molecule has 12 heteroatoms. The Morgan fingerprint density at radius 2 is 1.44 bits per heavy atom. The van der Waals surface area contributed by atoms with Crippen LogP contribution >= 0.6 is 0 Å². The van der Waals surface area contributed by atoms with Crippen molar-refractivity contribution >= 4 is 23.8 Å². The number of hydrogen-bond donors (Lipinski definition) is 1. The van der Waals surface area contributed by atoms with E-state index in [1.807, 2.05) is 6.07 Å². The second kappa shape index (κ2) is 14.1. The van der Waals surface area contributed by atoms with Gasteiger partial charge in [-0.3, -0.25) is 4.79 Å². The summed E-state index contributed by atoms with van der Waals surface area (Å²) in [5, 5.41) is 1.78. The summed E-state index contributed by atoms with van der Waals surface area (Å²) in [6.07, 6.45) is -7.25. The highest BCUT2D eigenvalue weighted by molar-refractivity contribution is 5.94. The van der Waals surface area contributed by atoms with Gasteiger partial charge in [0.1, 0.15) is 23.6 Å². The molecule has 226 valence electrons. The number of carbonyl (C=O) groups excluding carboxylic acids is 3. The van der Waals surface area contributed by atoms with Gasteiger partial charge in [-0.2, -0.15) is 13.2 Å². The van der Waals surface area contributed by atoms with Crippen LogP contribution in [0.15, 0.2) is 54.6 Å². The smallest absolute Gasteiger partial charge is 0.490 e. The van der Waals surface area contributed by atoms with Crippen molar-refractivity contribution in [2.45, 2.75) is 71.4 Å². The Kier molecular flexibility index (Phi) is 11.4. The normalized spacial score (nSPS) is 12.6. The average Bonchev–Trinajstić information content (AvgIpc) is 2.83. The van der Waals surface area contributed by atoms with Crippen LogP contribution in [0.25, 0.3) is 0 Å². The van der Waals surface area contributed by atoms with Gasteiger partial charge in [0, 0.05) is 12.2 Å². The lowest BCUT2D eigenvalue weighted by Gasteiger charge is -2.30. The third-order valence-electron chi connectivity index (χ3n) is 5.05. The second-order valence-electron chi connectivity index (χ2n) is 11.2. The van der Waals surface area contributed by atoms with Crippen LogP contribution in [0.3, 0.4) is 0 Å². The van der Waals surface area contributed by atoms with Crippen LogP contribution in [0.1, 0.15) is 47.1 Å². The molecule has 0 fully saturated rings. The first-order chi connectivity index (χ1) is 18.9. The van der Waals surface area contributed by atoms with Crippen LogP contribution in [-0.2, 0) is 25.4 Å². The molecule has 0 aromatic heterocycles. The highest BCUT2D eigenvalue weighted by Crippen LogP contribution is 2.20. The van der Waals surface area contributed by atoms with Gasteiger partial charge in [-0.05, 0) is 77.8 Å². The lowest BCUT2D eigenvalue weighted by molar-refractivity contribution is -0.167. The summed E-state index contributed by atoms with van der Waals surface area (Å²) in [6, 6.07) is 14.6. The zero-order chi connectivity index (χ0) is 30.8. The van der Waals surface area contributed by atoms with E-state index in [0.717, 1.165) is 0 Å². The van der Waals surface area contributed by atoms with Crippen LogP contribution in [0, 0.1) is 0 Å². The Balaban J connectivity index is 2.18. The van der Waals surface area contributed by atoms with E-state index in [9.17, 15) is 27.6 Å². The molecule has 0 aliphatic carbocycles. The monoisotopic (exact) mass is 582 g/mol. The fourth-order valence-electron chi connectivity index (χ4n) is 3.29. The van der Waals surface area contributed by atoms with E-state index in [4.69, 9.17) is 18.9 Å². The van der Waals surface area contributed by atoms with Gasteiger partial charge in [0.15, 0.2) is 6.10 Å². The number of hydrogen-bond acceptors (Lipinski definition) is 7. The molecule has 2 aromatic rings. The summed E-state index contributed by atoms with van der Waals surface area (Å²) in [7, 11) is 0. The Labute approximate surface area is 237 Å². The fraction of sp³-hybridized carbons (Fsp3) is 0.483. The molecular weight excluding hydrogens is 545 g/mol. The van der Waals surface area contributed by atoms with Gasteiger partial charge in [-0.15, -0.1) is 0 Å². The molecule has 2 aromatic carbocycles. The SMILES string of the molecule is CC(C)(C)OC(=O)O[C@H](COc1ccccc1)CN(CCc1ccc(NC(=O)C(F)(F)F)cc1)C(=O)OC(C)(C)C. The number of halogens is 3. The van der Waals surface area contributed by atoms with Crippen LogP contribution < -0.4 is 10.1 Å². The number of nitrogens with one attached hydrogen (secondary N) is 1. The number of amides is 2. The molecule has 0 heterocycles. The van der Waals surface area contributed by atoms with E-state index < -0.39 is 41.6 Å². The van der Waals surface area contributed by atoms with E-state index in [0.29, 0.717) is 11.3 Å². The van der Waals surface area contributed by atoms with Gasteiger partial charge in [0.25, 0.3) is 0 Å². The fourth-order valence-corrected chi connectivity index (χ4v) is 3.29. The van der Waals surface area contributed by atoms with Crippen LogP contribution in [0.4, 0.5) is 28.4 Å². The predicted molar refractivity (Wildman–Crippen MR) is 146 cm³/mol. The van der Waals surface area contributed by atoms with E-state index in [2.05, 4.69) is 0 Å². The Bertz CT molecular complexity index is 1140. The molecule has 0 aliphatic rings. The standard InChI is InChI=1S/C29H37F3N2O7/c1-27(2,3)40-25(36)34(17-16-20-12-14-21(15-13-20)33-24(35)29(30,31)32)18-23(39-26(37)41-28(4,5)6)19-38-22-10-8-7-9-11-22/h7-15,23H,16-19H2,1-6H3,(H,33,35)/t23-/m0/s1. The number of rotatable bonds is 10. The topological polar surface area (TPSA) is 103 Å². The van der Waals surface area contributed by atoms with E-state index in [-0.39, 0.29) is 31.8 Å². The van der Waals surface area contributed by atoms with Crippen molar-refractivity contribution in [1.82, 2.24) is 4.90 Å². The van der Waals surface area contributed by atoms with Gasteiger partial charge in [0.2, 0.25) is 0 Å². The number of para-hydroxylation sites is 1. The summed E-state index contributed by atoms with van der Waals surface area (Å²) < 4.78 is 59.7. The van der Waals surface area contributed by atoms with Crippen molar-refractivity contribution in [3.05, 3.63) is 60.2 Å². The molecular formula is C29H37F3N2O7. The Morgan fingerprint density at radius 1 is 0.854 bits per heavy atom. The summed E-state index contributed by atoms with van der Waals surface area (Å²) in [5.74, 6) is -1.54. The van der Waals surface area contributed by atoms with Gasteiger partial charge >= 0.3 is 24.3 Å². The maximum Gasteiger partial charge on any atom is 0.509 e. The Hall–Kier alpha value is -3.96. The highest BCUT2D eigenvalue weighted by atomic mass is 19.4. The summed E-state index contributed by atoms with van der Waals surface area (Å²) in [6.45, 7) is 10.1. The molecule has 0 saturated heterocycles. The highest BCUT2D eigenvalue weighted by Gasteiger charge is 2.38. The summed E-state index contributed by atoms with van der Waals surface area (Å²) in [4.78, 5) is 38.1. The lowest BCUT2D eigenvalue weighted by Crippen LogP contribution is -2.45. The van der Waals surface area contributed by atoms with Crippen LogP contribution in [0.5, 0.6) is 5.75 Å². The molecule has 2 rings (SSSR count). The Morgan fingerprint density at radius 3 is 1.98 bits per heavy atom. The molecule has 9 nitrogen and oxygen atoms in total. The third kappa shape index (κ3) is 13.3. The number of benzene rings is 2. The maximum absolute atomic E-state index is 13.1. The van der Waals surface area contributed by atoms with Gasteiger partial charge < -0.3 is 29.2 Å². The first kappa shape index (κ1) is 33.2. The molecule has 0 bridgehead atoms. The molecule has 1 atom stereocenters. The first-order valence-electron chi connectivity index (χ1n) is 12.9. The lowest BCUT2D eigenvalue weighted by atomic mass is 10.1. The van der Waals surface area contributed by atoms with Crippen molar-refractivity contribution in [1.29, 1.82) is 0 Å². The van der Waals surface area contributed by atoms with Crippen LogP contribution in [0.2, 0.25) is 0 Å². The molecule has 0 spiro atoms. The predicted octanol–water partition coefficient (Wildman–Crippen LogP) is 6.37. The van der Waals surface area contributed by atoms with Crippen molar-refractivity contribution in [2.24, 2.45) is 0 Å². The number of nitrogens with zero attached hydrogens (tertiary/aromatic N) is 1. The first-order valence-corrected chi connectivity index (χ1v) is 12.9. The zero-order valence-corrected chi connectivity index (χ0v) is 24.0. The molecule has 1 N–H and O–H groups in total. The van der Waals surface area contributed by atoms with Gasteiger partial charge in [-0.25, -0.2) is 9.59 Å². The minimum absolute atomic E-state index is 0.0241. The zero-order valence-electron chi connectivity index (χ0n) is 24.0. The second-order valence-corrected chi connectivity index (χ2v) is 11.2. The maximum atomic E-state index is 13.1. The summed E-state index contributed by atoms with van der Waals surface area (Å²) >= 11 is 0. The largest absolute Gasteiger partial charge is 0.509 e. The van der Waals surface area contributed by atoms with Crippen molar-refractivity contribution in [3.8, 4) is 5.75 Å². The van der Waals surface area contributed by atoms with E-state index >= 15 is 0 Å². The van der Waals surface area contributed by atoms with E-state index in [1.165, 1.54) is 29.2 Å². The number of alkyl halides is 3. The van der Waals surface area contributed by atoms with Gasteiger partial charge in [0.05, 0.1) is 6.54 Å². The molecule has 0 saturated carbocycles. The molecule has 0 unspecified atom stereocenters. The van der Waals surface area contributed by atoms with E-state index in [1.54, 1.807) is 71.1 Å². The molecule has 0 radical (unpaired) electrons. The molecule has 41 heavy (non-hydrogen) atoms. The minimum atomic E-state index is -5.01. The van der Waals surface area contributed by atoms with Crippen molar-refractivity contribution in [2.75, 3.05) is 25.0 Å². The van der Waals surface area contributed by atoms with Gasteiger partial charge in [-0.1, -0.05) is 30.3 Å². The van der Waals surface area contributed by atoms with Crippen LogP contribution in [-0.4, -0.2) is 66.2 Å².